The van der Waals surface area contributed by atoms with E-state index in [2.05, 4.69) is 5.10 Å². The van der Waals surface area contributed by atoms with Gasteiger partial charge >= 0.3 is 18.3 Å². The van der Waals surface area contributed by atoms with Gasteiger partial charge in [-0.05, 0) is 62.2 Å². The van der Waals surface area contributed by atoms with E-state index in [1.807, 2.05) is 0 Å². The predicted molar refractivity (Wildman–Crippen MR) is 163 cm³/mol. The Bertz CT molecular complexity index is 1840. The zero-order valence-electron chi connectivity index (χ0n) is 25.6. The number of hydrogen-bond donors (Lipinski definition) is 1. The third-order valence-electron chi connectivity index (χ3n) is 8.18. The van der Waals surface area contributed by atoms with Gasteiger partial charge in [-0.1, -0.05) is 6.07 Å². The summed E-state index contributed by atoms with van der Waals surface area (Å²) in [6.45, 7) is 2.61. The van der Waals surface area contributed by atoms with Gasteiger partial charge in [-0.25, -0.2) is 13.1 Å². The molecule has 2 aromatic carbocycles. The minimum atomic E-state index is -5.21. The maximum atomic E-state index is 14.0. The molecule has 18 heteroatoms. The molecule has 0 radical (unpaired) electrons. The average molecular weight is 701 g/mol. The van der Waals surface area contributed by atoms with Crippen LogP contribution in [0.15, 0.2) is 48.5 Å². The Hall–Kier alpha value is -4.45. The molecular formula is C30H30F6N6O5S. The standard InChI is InChI=1S/C30H30F6N6O5S/c1-3-40(24(43)17-39-13-11-22(16-39)48(2,46)47)19-7-9-20(10-8-19)41-14-12-23-25(27(41)44)42(38-26(23)29(31,32)33)21-6-4-5-18(15-21)37-28(45)30(34,35)36/h4-10,15,22H,3,11-14,16-17H2,1-2H3,(H,37,45). The highest BCUT2D eigenvalue weighted by Crippen LogP contribution is 2.37. The first-order valence-electron chi connectivity index (χ1n) is 14.7. The number of sulfone groups is 1. The van der Waals surface area contributed by atoms with Gasteiger partial charge in [0.25, 0.3) is 5.91 Å². The lowest BCUT2D eigenvalue weighted by molar-refractivity contribution is -0.167. The van der Waals surface area contributed by atoms with Gasteiger partial charge in [0, 0.05) is 55.1 Å². The molecule has 258 valence electrons. The van der Waals surface area contributed by atoms with E-state index in [0.29, 0.717) is 29.0 Å². The van der Waals surface area contributed by atoms with E-state index in [1.165, 1.54) is 40.3 Å². The molecule has 48 heavy (non-hydrogen) atoms. The quantitative estimate of drug-likeness (QED) is 0.352. The number of anilines is 3. The highest BCUT2D eigenvalue weighted by Gasteiger charge is 2.44. The second-order valence-corrected chi connectivity index (χ2v) is 13.7. The predicted octanol–water partition coefficient (Wildman–Crippen LogP) is 4.07. The summed E-state index contributed by atoms with van der Waals surface area (Å²) in [6.07, 6.45) is -8.80. The van der Waals surface area contributed by atoms with E-state index in [-0.39, 0.29) is 55.4 Å². The van der Waals surface area contributed by atoms with Gasteiger partial charge in [-0.3, -0.25) is 19.3 Å². The van der Waals surface area contributed by atoms with Crippen molar-refractivity contribution in [1.82, 2.24) is 14.7 Å². The molecule has 2 aliphatic heterocycles. The van der Waals surface area contributed by atoms with Crippen LogP contribution in [0.2, 0.25) is 0 Å². The first kappa shape index (κ1) is 34.9. The van der Waals surface area contributed by atoms with Gasteiger partial charge in [0.05, 0.1) is 17.5 Å². The fourth-order valence-electron chi connectivity index (χ4n) is 5.82. The zero-order valence-corrected chi connectivity index (χ0v) is 26.4. The van der Waals surface area contributed by atoms with Gasteiger partial charge in [0.15, 0.2) is 15.5 Å². The third-order valence-corrected chi connectivity index (χ3v) is 9.77. The van der Waals surface area contributed by atoms with Crippen LogP contribution >= 0.6 is 0 Å². The fraction of sp³-hybridized carbons (Fsp3) is 0.400. The first-order valence-corrected chi connectivity index (χ1v) is 16.6. The molecule has 0 saturated carbocycles. The fourth-order valence-corrected chi connectivity index (χ4v) is 6.84. The Morgan fingerprint density at radius 1 is 1.02 bits per heavy atom. The van der Waals surface area contributed by atoms with Crippen LogP contribution in [0.4, 0.5) is 43.4 Å². The number of halogens is 6. The minimum Gasteiger partial charge on any atom is -0.318 e. The van der Waals surface area contributed by atoms with Crippen molar-refractivity contribution in [2.75, 3.05) is 54.1 Å². The molecule has 1 fully saturated rings. The van der Waals surface area contributed by atoms with Gasteiger partial charge in [0.1, 0.15) is 5.69 Å². The number of alkyl halides is 6. The van der Waals surface area contributed by atoms with Crippen molar-refractivity contribution < 1.29 is 49.1 Å². The molecule has 1 N–H and O–H groups in total. The molecule has 1 saturated heterocycles. The number of amides is 3. The van der Waals surface area contributed by atoms with Gasteiger partial charge in [0.2, 0.25) is 5.91 Å². The van der Waals surface area contributed by atoms with Crippen molar-refractivity contribution in [2.45, 2.75) is 37.4 Å². The van der Waals surface area contributed by atoms with Crippen LogP contribution in [0.3, 0.4) is 0 Å². The molecular weight excluding hydrogens is 670 g/mol. The summed E-state index contributed by atoms with van der Waals surface area (Å²) in [5.41, 5.74) is -1.92. The van der Waals surface area contributed by atoms with Gasteiger partial charge < -0.3 is 15.1 Å². The molecule has 1 aromatic heterocycles. The monoisotopic (exact) mass is 700 g/mol. The summed E-state index contributed by atoms with van der Waals surface area (Å²) in [5, 5.41) is 4.73. The number of nitrogens with one attached hydrogen (secondary N) is 1. The molecule has 0 bridgehead atoms. The average Bonchev–Trinajstić information content (AvgIpc) is 3.64. The van der Waals surface area contributed by atoms with Crippen molar-refractivity contribution in [2.24, 2.45) is 0 Å². The third kappa shape index (κ3) is 7.18. The highest BCUT2D eigenvalue weighted by atomic mass is 32.2. The Morgan fingerprint density at radius 2 is 1.71 bits per heavy atom. The summed E-state index contributed by atoms with van der Waals surface area (Å²) in [4.78, 5) is 42.9. The number of likely N-dealkylation sites (tertiary alicyclic amines) is 1. The maximum absolute atomic E-state index is 14.0. The Labute approximate surface area is 271 Å². The molecule has 0 spiro atoms. The summed E-state index contributed by atoms with van der Waals surface area (Å²) in [6, 6.07) is 10.7. The van der Waals surface area contributed by atoms with E-state index in [9.17, 15) is 49.1 Å². The molecule has 1 unspecified atom stereocenters. The molecule has 0 aliphatic carbocycles. The van der Waals surface area contributed by atoms with Crippen molar-refractivity contribution in [1.29, 1.82) is 0 Å². The SMILES string of the molecule is CCN(C(=O)CN1CCC(S(C)(=O)=O)C1)c1ccc(N2CCc3c(C(F)(F)F)nn(-c4cccc(NC(=O)C(F)(F)F)c4)c3C2=O)cc1. The molecule has 3 aromatic rings. The molecule has 1 atom stereocenters. The number of rotatable bonds is 8. The number of benzene rings is 2. The Kier molecular flexibility index (Phi) is 9.35. The van der Waals surface area contributed by atoms with Crippen LogP contribution in [0.25, 0.3) is 5.69 Å². The van der Waals surface area contributed by atoms with Crippen molar-refractivity contribution in [3.63, 3.8) is 0 Å². The number of carbonyl (C=O) groups is 3. The van der Waals surface area contributed by atoms with Crippen LogP contribution in [-0.4, -0.2) is 91.2 Å². The van der Waals surface area contributed by atoms with Crippen LogP contribution in [-0.2, 0) is 32.0 Å². The summed E-state index contributed by atoms with van der Waals surface area (Å²) >= 11 is 0. The van der Waals surface area contributed by atoms with Gasteiger partial charge in [-0.15, -0.1) is 0 Å². The van der Waals surface area contributed by atoms with Crippen LogP contribution < -0.4 is 15.1 Å². The van der Waals surface area contributed by atoms with Gasteiger partial charge in [-0.2, -0.15) is 31.4 Å². The van der Waals surface area contributed by atoms with Crippen LogP contribution in [0.1, 0.15) is 35.1 Å². The largest absolute Gasteiger partial charge is 0.471 e. The van der Waals surface area contributed by atoms with E-state index in [1.54, 1.807) is 29.3 Å². The second-order valence-electron chi connectivity index (χ2n) is 11.4. The van der Waals surface area contributed by atoms with Crippen LogP contribution in [0.5, 0.6) is 0 Å². The first-order chi connectivity index (χ1) is 22.4. The maximum Gasteiger partial charge on any atom is 0.471 e. The smallest absolute Gasteiger partial charge is 0.318 e. The van der Waals surface area contributed by atoms with Crippen molar-refractivity contribution in [3.05, 3.63) is 65.5 Å². The number of aromatic nitrogens is 2. The lowest BCUT2D eigenvalue weighted by Crippen LogP contribution is -2.40. The van der Waals surface area contributed by atoms with E-state index < -0.39 is 50.6 Å². The van der Waals surface area contributed by atoms with E-state index in [4.69, 9.17) is 0 Å². The summed E-state index contributed by atoms with van der Waals surface area (Å²) in [5.74, 6) is -3.41. The number of hydrogen-bond acceptors (Lipinski definition) is 7. The molecule has 11 nitrogen and oxygen atoms in total. The number of likely N-dealkylation sites (N-methyl/N-ethyl adjacent to an activating group) is 1. The number of nitrogens with zero attached hydrogens (tertiary/aromatic N) is 5. The Balaban J connectivity index is 1.40. The molecule has 2 aliphatic rings. The van der Waals surface area contributed by atoms with Crippen LogP contribution in [0, 0.1) is 0 Å². The summed E-state index contributed by atoms with van der Waals surface area (Å²) < 4.78 is 105. The summed E-state index contributed by atoms with van der Waals surface area (Å²) in [7, 11) is -3.24. The van der Waals surface area contributed by atoms with Crippen molar-refractivity contribution in [3.8, 4) is 5.69 Å². The minimum absolute atomic E-state index is 0.00160. The normalized spacial score (nSPS) is 17.4. The number of carbonyl (C=O) groups excluding carboxylic acids is 3. The second kappa shape index (κ2) is 12.9. The van der Waals surface area contributed by atoms with E-state index >= 15 is 0 Å². The number of fused-ring (bicyclic) bond motifs is 1. The van der Waals surface area contributed by atoms with E-state index in [0.717, 1.165) is 12.1 Å². The molecule has 3 amide bonds. The lowest BCUT2D eigenvalue weighted by Gasteiger charge is -2.29. The molecule has 5 rings (SSSR count). The highest BCUT2D eigenvalue weighted by molar-refractivity contribution is 7.91. The lowest BCUT2D eigenvalue weighted by atomic mass is 10.0. The Morgan fingerprint density at radius 3 is 2.29 bits per heavy atom. The van der Waals surface area contributed by atoms with Crippen molar-refractivity contribution >= 4 is 44.6 Å². The molecule has 3 heterocycles. The zero-order chi connectivity index (χ0) is 35.2. The topological polar surface area (TPSA) is 125 Å².